The monoisotopic (exact) mass is 321 g/mol. The number of rotatable bonds is 6. The van der Waals surface area contributed by atoms with Crippen molar-refractivity contribution in [3.05, 3.63) is 66.1 Å². The normalized spacial score (nSPS) is 12.2. The van der Waals surface area contributed by atoms with Gasteiger partial charge in [0.1, 0.15) is 0 Å². The molecule has 0 radical (unpaired) electrons. The first-order valence-corrected chi connectivity index (χ1v) is 8.45. The molecule has 3 aromatic rings. The maximum absolute atomic E-state index is 12.2. The van der Waals surface area contributed by atoms with Crippen molar-refractivity contribution in [2.75, 3.05) is 0 Å². The van der Waals surface area contributed by atoms with Gasteiger partial charge in [0.15, 0.2) is 0 Å². The molecule has 4 heteroatoms. The fraction of sp³-hybridized carbons (Fsp3) is 0.300. The topological polar surface area (TPSA) is 46.9 Å². The lowest BCUT2D eigenvalue weighted by Gasteiger charge is -2.13. The Morgan fingerprint density at radius 2 is 2.12 bits per heavy atom. The second-order valence-corrected chi connectivity index (χ2v) is 6.04. The van der Waals surface area contributed by atoms with Crippen LogP contribution in [0.5, 0.6) is 0 Å². The molecule has 1 atom stereocenters. The van der Waals surface area contributed by atoms with Crippen LogP contribution in [0.2, 0.25) is 0 Å². The number of carbonyl (C=O) groups is 1. The third-order valence-corrected chi connectivity index (χ3v) is 4.33. The van der Waals surface area contributed by atoms with Gasteiger partial charge in [0, 0.05) is 30.9 Å². The van der Waals surface area contributed by atoms with Crippen molar-refractivity contribution in [1.82, 2.24) is 14.9 Å². The van der Waals surface area contributed by atoms with Gasteiger partial charge in [0.05, 0.1) is 11.7 Å². The highest BCUT2D eigenvalue weighted by Crippen LogP contribution is 2.18. The predicted molar refractivity (Wildman–Crippen MR) is 96.7 cm³/mol. The highest BCUT2D eigenvalue weighted by atomic mass is 16.1. The maximum Gasteiger partial charge on any atom is 0.220 e. The van der Waals surface area contributed by atoms with Crippen molar-refractivity contribution in [2.45, 2.75) is 39.3 Å². The van der Waals surface area contributed by atoms with E-state index in [1.54, 1.807) is 6.20 Å². The molecule has 1 amide bonds. The number of nitrogens with one attached hydrogen (secondary N) is 1. The van der Waals surface area contributed by atoms with Crippen LogP contribution in [0.25, 0.3) is 10.9 Å². The Hall–Kier alpha value is -2.62. The summed E-state index contributed by atoms with van der Waals surface area (Å²) in [6.45, 7) is 5.07. The van der Waals surface area contributed by atoms with Crippen LogP contribution in [0.1, 0.15) is 37.6 Å². The van der Waals surface area contributed by atoms with Gasteiger partial charge in [-0.05, 0) is 61.5 Å². The summed E-state index contributed by atoms with van der Waals surface area (Å²) in [6.07, 6.45) is 5.08. The molecule has 2 aromatic heterocycles. The molecular formula is C20H23N3O. The van der Waals surface area contributed by atoms with E-state index in [1.807, 2.05) is 25.1 Å². The zero-order valence-electron chi connectivity index (χ0n) is 14.2. The Morgan fingerprint density at radius 3 is 2.88 bits per heavy atom. The van der Waals surface area contributed by atoms with Crippen molar-refractivity contribution >= 4 is 16.8 Å². The third kappa shape index (κ3) is 3.65. The number of benzene rings is 1. The molecule has 2 heterocycles. The van der Waals surface area contributed by atoms with Gasteiger partial charge in [0.25, 0.3) is 0 Å². The first-order valence-electron chi connectivity index (χ1n) is 8.45. The molecule has 1 aromatic carbocycles. The average molecular weight is 321 g/mol. The minimum atomic E-state index is -0.0697. The number of hydrogen-bond donors (Lipinski definition) is 1. The third-order valence-electron chi connectivity index (χ3n) is 4.33. The summed E-state index contributed by atoms with van der Waals surface area (Å²) >= 11 is 0. The number of carbonyl (C=O) groups excluding carboxylic acids is 1. The van der Waals surface area contributed by atoms with Crippen LogP contribution in [0.15, 0.2) is 54.9 Å². The lowest BCUT2D eigenvalue weighted by molar-refractivity contribution is -0.121. The largest absolute Gasteiger partial charge is 0.348 e. The number of aromatic nitrogens is 2. The van der Waals surface area contributed by atoms with Gasteiger partial charge in [-0.2, -0.15) is 0 Å². The molecular weight excluding hydrogens is 298 g/mol. The lowest BCUT2D eigenvalue weighted by Crippen LogP contribution is -2.27. The summed E-state index contributed by atoms with van der Waals surface area (Å²) in [5.74, 6) is 0.0550. The molecule has 0 saturated heterocycles. The zero-order valence-corrected chi connectivity index (χ0v) is 14.2. The van der Waals surface area contributed by atoms with Gasteiger partial charge in [-0.1, -0.05) is 12.1 Å². The minimum Gasteiger partial charge on any atom is -0.348 e. The van der Waals surface area contributed by atoms with Crippen molar-refractivity contribution in [3.8, 4) is 0 Å². The second-order valence-electron chi connectivity index (χ2n) is 6.04. The van der Waals surface area contributed by atoms with Crippen LogP contribution in [-0.4, -0.2) is 15.5 Å². The van der Waals surface area contributed by atoms with Crippen LogP contribution < -0.4 is 5.32 Å². The summed E-state index contributed by atoms with van der Waals surface area (Å²) in [5.41, 5.74) is 3.32. The molecule has 0 spiro atoms. The quantitative estimate of drug-likeness (QED) is 0.749. The zero-order chi connectivity index (χ0) is 16.9. The Morgan fingerprint density at radius 1 is 1.25 bits per heavy atom. The van der Waals surface area contributed by atoms with Gasteiger partial charge < -0.3 is 9.88 Å². The number of pyridine rings is 1. The highest BCUT2D eigenvalue weighted by Gasteiger charge is 2.10. The summed E-state index contributed by atoms with van der Waals surface area (Å²) in [7, 11) is 0. The SMILES string of the molecule is CCn1ccc2cc(CCC(=O)N[C@H](C)c3ccccn3)ccc21. The first-order chi connectivity index (χ1) is 11.7. The molecule has 4 nitrogen and oxygen atoms in total. The van der Waals surface area contributed by atoms with Gasteiger partial charge in [-0.3, -0.25) is 9.78 Å². The van der Waals surface area contributed by atoms with E-state index >= 15 is 0 Å². The maximum atomic E-state index is 12.2. The van der Waals surface area contributed by atoms with Crippen LogP contribution in [0.4, 0.5) is 0 Å². The number of amides is 1. The fourth-order valence-corrected chi connectivity index (χ4v) is 2.96. The summed E-state index contributed by atoms with van der Waals surface area (Å²) in [6, 6.07) is 14.2. The molecule has 1 N–H and O–H groups in total. The molecule has 3 rings (SSSR count). The van der Waals surface area contributed by atoms with E-state index in [0.717, 1.165) is 18.7 Å². The molecule has 0 saturated carbocycles. The Balaban J connectivity index is 1.58. The standard InChI is InChI=1S/C20H23N3O/c1-3-23-13-11-17-14-16(7-9-19(17)23)8-10-20(24)22-15(2)18-6-4-5-12-21-18/h4-7,9,11-15H,3,8,10H2,1-2H3,(H,22,24)/t15-/m1/s1. The lowest BCUT2D eigenvalue weighted by atomic mass is 10.1. The van der Waals surface area contributed by atoms with Crippen molar-refractivity contribution < 1.29 is 4.79 Å². The summed E-state index contributed by atoms with van der Waals surface area (Å²) < 4.78 is 2.22. The molecule has 24 heavy (non-hydrogen) atoms. The van der Waals surface area contributed by atoms with Crippen LogP contribution in [-0.2, 0) is 17.8 Å². The predicted octanol–water partition coefficient (Wildman–Crippen LogP) is 3.87. The Labute approximate surface area is 142 Å². The van der Waals surface area contributed by atoms with E-state index in [0.29, 0.717) is 6.42 Å². The number of hydrogen-bond acceptors (Lipinski definition) is 2. The Kier molecular flexibility index (Phi) is 4.94. The van der Waals surface area contributed by atoms with E-state index < -0.39 is 0 Å². The summed E-state index contributed by atoms with van der Waals surface area (Å²) in [5, 5.41) is 4.24. The fourth-order valence-electron chi connectivity index (χ4n) is 2.96. The molecule has 124 valence electrons. The summed E-state index contributed by atoms with van der Waals surface area (Å²) in [4.78, 5) is 16.4. The van der Waals surface area contributed by atoms with Crippen molar-refractivity contribution in [3.63, 3.8) is 0 Å². The molecule has 0 bridgehead atoms. The molecule has 0 aliphatic rings. The number of fused-ring (bicyclic) bond motifs is 1. The van der Waals surface area contributed by atoms with Crippen molar-refractivity contribution in [2.24, 2.45) is 0 Å². The Bertz CT molecular complexity index is 823. The van der Waals surface area contributed by atoms with E-state index in [-0.39, 0.29) is 11.9 Å². The molecule has 0 fully saturated rings. The highest BCUT2D eigenvalue weighted by molar-refractivity contribution is 5.81. The van der Waals surface area contributed by atoms with Crippen molar-refractivity contribution in [1.29, 1.82) is 0 Å². The average Bonchev–Trinajstić information content (AvgIpc) is 3.03. The van der Waals surface area contributed by atoms with Gasteiger partial charge in [-0.25, -0.2) is 0 Å². The van der Waals surface area contributed by atoms with E-state index in [9.17, 15) is 4.79 Å². The van der Waals surface area contributed by atoms with Crippen LogP contribution >= 0.6 is 0 Å². The molecule has 0 aliphatic carbocycles. The second kappa shape index (κ2) is 7.30. The van der Waals surface area contributed by atoms with E-state index in [1.165, 1.54) is 16.5 Å². The molecule has 0 aliphatic heterocycles. The molecule has 0 unspecified atom stereocenters. The minimum absolute atomic E-state index is 0.0550. The van der Waals surface area contributed by atoms with Gasteiger partial charge in [-0.15, -0.1) is 0 Å². The number of nitrogens with zero attached hydrogens (tertiary/aromatic N) is 2. The van der Waals surface area contributed by atoms with Gasteiger partial charge in [0.2, 0.25) is 5.91 Å². The van der Waals surface area contributed by atoms with E-state index in [2.05, 4.69) is 52.3 Å². The van der Waals surface area contributed by atoms with Crippen LogP contribution in [0.3, 0.4) is 0 Å². The first kappa shape index (κ1) is 16.2. The smallest absolute Gasteiger partial charge is 0.220 e. The van der Waals surface area contributed by atoms with Gasteiger partial charge >= 0.3 is 0 Å². The van der Waals surface area contributed by atoms with E-state index in [4.69, 9.17) is 0 Å². The number of aryl methyl sites for hydroxylation is 2. The van der Waals surface area contributed by atoms with Crippen LogP contribution in [0, 0.1) is 0 Å².